The summed E-state index contributed by atoms with van der Waals surface area (Å²) < 4.78 is 0. The average Bonchev–Trinajstić information content (AvgIpc) is 2.41. The molecule has 1 nitrogen and oxygen atoms in total. The third-order valence-corrected chi connectivity index (χ3v) is 3.73. The van der Waals surface area contributed by atoms with E-state index in [4.69, 9.17) is 23.2 Å². The van der Waals surface area contributed by atoms with Gasteiger partial charge in [-0.05, 0) is 36.6 Å². The first-order valence-corrected chi connectivity index (χ1v) is 6.56. The van der Waals surface area contributed by atoms with Gasteiger partial charge in [0.2, 0.25) is 0 Å². The second kappa shape index (κ2) is 5.39. The summed E-state index contributed by atoms with van der Waals surface area (Å²) in [6.07, 6.45) is 5.16. The van der Waals surface area contributed by atoms with E-state index in [0.29, 0.717) is 10.0 Å². The fraction of sp³-hybridized carbons (Fsp3) is 0.538. The van der Waals surface area contributed by atoms with E-state index in [0.717, 1.165) is 24.8 Å². The molecule has 1 N–H and O–H groups in total. The third kappa shape index (κ3) is 2.91. The lowest BCUT2D eigenvalue weighted by molar-refractivity contribution is 0.135. The summed E-state index contributed by atoms with van der Waals surface area (Å²) in [5.41, 5.74) is 1.08. The van der Waals surface area contributed by atoms with Crippen LogP contribution in [0.5, 0.6) is 0 Å². The van der Waals surface area contributed by atoms with Crippen LogP contribution in [0.1, 0.15) is 43.6 Å². The van der Waals surface area contributed by atoms with Gasteiger partial charge in [-0.25, -0.2) is 0 Å². The molecule has 0 aromatic heterocycles. The van der Waals surface area contributed by atoms with Gasteiger partial charge in [0.15, 0.2) is 0 Å². The molecule has 1 saturated carbocycles. The molecule has 0 saturated heterocycles. The number of hydrogen-bond donors (Lipinski definition) is 1. The molecule has 1 fully saturated rings. The fourth-order valence-electron chi connectivity index (χ4n) is 2.47. The van der Waals surface area contributed by atoms with Gasteiger partial charge < -0.3 is 5.11 Å². The number of halogens is 2. The van der Waals surface area contributed by atoms with Crippen LogP contribution >= 0.6 is 23.2 Å². The third-order valence-electron chi connectivity index (χ3n) is 3.29. The molecule has 0 aliphatic heterocycles. The van der Waals surface area contributed by atoms with Crippen molar-refractivity contribution >= 4 is 23.2 Å². The van der Waals surface area contributed by atoms with Crippen LogP contribution in [0.4, 0.5) is 0 Å². The Hall–Kier alpha value is -0.240. The zero-order chi connectivity index (χ0) is 11.5. The highest BCUT2D eigenvalue weighted by Gasteiger charge is 2.23. The van der Waals surface area contributed by atoms with Crippen LogP contribution in [0.2, 0.25) is 10.0 Å². The highest BCUT2D eigenvalue weighted by molar-refractivity contribution is 6.34. The molecular weight excluding hydrogens is 243 g/mol. The van der Waals surface area contributed by atoms with Gasteiger partial charge in [0, 0.05) is 16.0 Å². The SMILES string of the molecule is OC1CCCCCC1c1cc(Cl)cc(Cl)c1. The van der Waals surface area contributed by atoms with Crippen molar-refractivity contribution < 1.29 is 5.11 Å². The molecule has 88 valence electrons. The van der Waals surface area contributed by atoms with Crippen LogP contribution in [0.15, 0.2) is 18.2 Å². The lowest BCUT2D eigenvalue weighted by Crippen LogP contribution is -2.16. The molecule has 0 heterocycles. The van der Waals surface area contributed by atoms with Crippen molar-refractivity contribution in [1.82, 2.24) is 0 Å². The van der Waals surface area contributed by atoms with Gasteiger partial charge in [0.25, 0.3) is 0 Å². The number of hydrogen-bond acceptors (Lipinski definition) is 1. The Kier molecular flexibility index (Phi) is 4.12. The molecule has 1 aromatic carbocycles. The van der Waals surface area contributed by atoms with Crippen molar-refractivity contribution in [2.24, 2.45) is 0 Å². The van der Waals surface area contributed by atoms with E-state index in [1.807, 2.05) is 12.1 Å². The topological polar surface area (TPSA) is 20.2 Å². The van der Waals surface area contributed by atoms with Crippen LogP contribution in [0.25, 0.3) is 0 Å². The summed E-state index contributed by atoms with van der Waals surface area (Å²) in [5.74, 6) is 0.193. The molecule has 0 spiro atoms. The Labute approximate surface area is 106 Å². The molecular formula is C13H16Cl2O. The first kappa shape index (κ1) is 12.2. The molecule has 1 aliphatic carbocycles. The molecule has 2 atom stereocenters. The molecule has 3 heteroatoms. The van der Waals surface area contributed by atoms with Gasteiger partial charge in [-0.1, -0.05) is 42.5 Å². The lowest BCUT2D eigenvalue weighted by atomic mass is 9.89. The van der Waals surface area contributed by atoms with Gasteiger partial charge in [-0.3, -0.25) is 0 Å². The zero-order valence-corrected chi connectivity index (χ0v) is 10.6. The molecule has 2 unspecified atom stereocenters. The van der Waals surface area contributed by atoms with E-state index in [1.54, 1.807) is 6.07 Å². The number of rotatable bonds is 1. The summed E-state index contributed by atoms with van der Waals surface area (Å²) in [5, 5.41) is 11.4. The summed E-state index contributed by atoms with van der Waals surface area (Å²) in [4.78, 5) is 0. The maximum Gasteiger partial charge on any atom is 0.0608 e. The number of aliphatic hydroxyl groups is 1. The molecule has 0 amide bonds. The predicted molar refractivity (Wildman–Crippen MR) is 68.3 cm³/mol. The summed E-state index contributed by atoms with van der Waals surface area (Å²) >= 11 is 12.0. The lowest BCUT2D eigenvalue weighted by Gasteiger charge is -2.21. The quantitative estimate of drug-likeness (QED) is 0.741. The maximum absolute atomic E-state index is 10.1. The van der Waals surface area contributed by atoms with E-state index >= 15 is 0 Å². The number of benzene rings is 1. The Morgan fingerprint density at radius 2 is 1.56 bits per heavy atom. The van der Waals surface area contributed by atoms with Gasteiger partial charge in [-0.2, -0.15) is 0 Å². The summed E-state index contributed by atoms with van der Waals surface area (Å²) in [6.45, 7) is 0. The van der Waals surface area contributed by atoms with E-state index in [-0.39, 0.29) is 12.0 Å². The fourth-order valence-corrected chi connectivity index (χ4v) is 3.01. The smallest absolute Gasteiger partial charge is 0.0608 e. The van der Waals surface area contributed by atoms with Crippen molar-refractivity contribution in [2.75, 3.05) is 0 Å². The Balaban J connectivity index is 2.26. The summed E-state index contributed by atoms with van der Waals surface area (Å²) in [6, 6.07) is 5.58. The second-order valence-corrected chi connectivity index (χ2v) is 5.39. The second-order valence-electron chi connectivity index (χ2n) is 4.51. The molecule has 0 radical (unpaired) electrons. The van der Waals surface area contributed by atoms with Crippen molar-refractivity contribution in [1.29, 1.82) is 0 Å². The van der Waals surface area contributed by atoms with E-state index in [1.165, 1.54) is 12.8 Å². The monoisotopic (exact) mass is 258 g/mol. The zero-order valence-electron chi connectivity index (χ0n) is 9.13. The Morgan fingerprint density at radius 1 is 0.938 bits per heavy atom. The van der Waals surface area contributed by atoms with E-state index in [2.05, 4.69) is 0 Å². The van der Waals surface area contributed by atoms with Crippen molar-refractivity contribution in [3.63, 3.8) is 0 Å². The average molecular weight is 259 g/mol. The Bertz CT molecular complexity index is 345. The Morgan fingerprint density at radius 3 is 2.25 bits per heavy atom. The van der Waals surface area contributed by atoms with Gasteiger partial charge >= 0.3 is 0 Å². The van der Waals surface area contributed by atoms with Gasteiger partial charge in [-0.15, -0.1) is 0 Å². The van der Waals surface area contributed by atoms with Crippen LogP contribution in [0, 0.1) is 0 Å². The summed E-state index contributed by atoms with van der Waals surface area (Å²) in [7, 11) is 0. The van der Waals surface area contributed by atoms with Crippen molar-refractivity contribution in [3.8, 4) is 0 Å². The first-order chi connectivity index (χ1) is 7.66. The van der Waals surface area contributed by atoms with Gasteiger partial charge in [0.05, 0.1) is 6.10 Å². The van der Waals surface area contributed by atoms with Crippen LogP contribution in [-0.2, 0) is 0 Å². The highest BCUT2D eigenvalue weighted by atomic mass is 35.5. The molecule has 0 bridgehead atoms. The van der Waals surface area contributed by atoms with Crippen LogP contribution < -0.4 is 0 Å². The molecule has 16 heavy (non-hydrogen) atoms. The van der Waals surface area contributed by atoms with E-state index < -0.39 is 0 Å². The van der Waals surface area contributed by atoms with E-state index in [9.17, 15) is 5.11 Å². The van der Waals surface area contributed by atoms with Crippen LogP contribution in [0.3, 0.4) is 0 Å². The molecule has 1 aromatic rings. The standard InChI is InChI=1S/C13H16Cl2O/c14-10-6-9(7-11(15)8-10)12-4-2-1-3-5-13(12)16/h6-8,12-13,16H,1-5H2. The molecule has 2 rings (SSSR count). The minimum Gasteiger partial charge on any atom is -0.392 e. The van der Waals surface area contributed by atoms with Crippen molar-refractivity contribution in [2.45, 2.75) is 44.1 Å². The minimum atomic E-state index is -0.253. The minimum absolute atomic E-state index is 0.193. The predicted octanol–water partition coefficient (Wildman–Crippen LogP) is 4.40. The van der Waals surface area contributed by atoms with Gasteiger partial charge in [0.1, 0.15) is 0 Å². The highest BCUT2D eigenvalue weighted by Crippen LogP contribution is 2.34. The molecule has 1 aliphatic rings. The number of aliphatic hydroxyl groups excluding tert-OH is 1. The van der Waals surface area contributed by atoms with Crippen molar-refractivity contribution in [3.05, 3.63) is 33.8 Å². The maximum atomic E-state index is 10.1. The first-order valence-electron chi connectivity index (χ1n) is 5.81. The largest absolute Gasteiger partial charge is 0.392 e. The van der Waals surface area contributed by atoms with Crippen LogP contribution in [-0.4, -0.2) is 11.2 Å². The normalized spacial score (nSPS) is 26.4.